The molecule has 0 fully saturated rings. The number of thioether (sulfide) groups is 1. The average Bonchev–Trinajstić information content (AvgIpc) is 0.843. The molecule has 0 saturated heterocycles. The number of carbonyl (C=O) groups excluding carboxylic acids is 18. The van der Waals surface area contributed by atoms with E-state index in [-0.39, 0.29) is 96.2 Å². The number of unbranched alkanes of at least 4 members (excludes halogenated alkanes) is 1. The lowest BCUT2D eigenvalue weighted by atomic mass is 9.96. The highest BCUT2D eigenvalue weighted by atomic mass is 32.2. The summed E-state index contributed by atoms with van der Waals surface area (Å²) in [5, 5.41) is 118. The van der Waals surface area contributed by atoms with Crippen LogP contribution in [0.25, 0.3) is 0 Å². The number of hydrogen-bond donors (Lipinski definition) is 31. The summed E-state index contributed by atoms with van der Waals surface area (Å²) in [4.78, 5) is 298. The number of amides is 18. The van der Waals surface area contributed by atoms with Crippen molar-refractivity contribution in [3.8, 4) is 0 Å². The third-order valence-corrected chi connectivity index (χ3v) is 22.0. The van der Waals surface area contributed by atoms with E-state index in [9.17, 15) is 136 Å². The van der Waals surface area contributed by atoms with Crippen molar-refractivity contribution in [1.29, 1.82) is 10.8 Å². The number of nitrogens with two attached hydrogens (primary N) is 5. The summed E-state index contributed by atoms with van der Waals surface area (Å²) in [6, 6.07) is -18.0. The molecule has 0 aliphatic heterocycles. The molecule has 1 aromatic carbocycles. The first-order valence-corrected chi connectivity index (χ1v) is 46.7. The van der Waals surface area contributed by atoms with Gasteiger partial charge in [0.1, 0.15) is 90.6 Å². The van der Waals surface area contributed by atoms with Crippen LogP contribution in [-0.2, 0) is 112 Å². The van der Waals surface area contributed by atoms with Crippen LogP contribution in [0.5, 0.6) is 0 Å². The van der Waals surface area contributed by atoms with E-state index in [1.54, 1.807) is 64.3 Å². The van der Waals surface area contributed by atoms with Gasteiger partial charge in [-0.15, -0.1) is 0 Å². The van der Waals surface area contributed by atoms with E-state index in [1.165, 1.54) is 25.6 Å². The van der Waals surface area contributed by atoms with Gasteiger partial charge in [-0.3, -0.25) is 116 Å². The van der Waals surface area contributed by atoms with E-state index in [0.29, 0.717) is 17.7 Å². The highest BCUT2D eigenvalue weighted by molar-refractivity contribution is 7.98. The van der Waals surface area contributed by atoms with Crippen molar-refractivity contribution in [3.05, 3.63) is 35.9 Å². The van der Waals surface area contributed by atoms with Crippen molar-refractivity contribution in [3.63, 3.8) is 0 Å². The number of aliphatic hydroxyl groups excluding tert-OH is 2. The van der Waals surface area contributed by atoms with E-state index in [4.69, 9.17) is 39.5 Å². The number of nitrogens with one attached hydrogen (secondary N) is 20. The summed E-state index contributed by atoms with van der Waals surface area (Å²) in [6.45, 7) is 10.1. The second-order valence-corrected chi connectivity index (χ2v) is 34.6. The molecule has 0 heterocycles. The average molecular weight is 1990 g/mol. The lowest BCUT2D eigenvalue weighted by molar-refractivity contribution is -0.142. The number of carbonyl (C=O) groups is 22. The molecule has 18 amide bonds. The first kappa shape index (κ1) is 123. The van der Waals surface area contributed by atoms with Crippen molar-refractivity contribution in [2.24, 2.45) is 46.4 Å². The summed E-state index contributed by atoms with van der Waals surface area (Å²) < 4.78 is 0. The fourth-order valence-corrected chi connectivity index (χ4v) is 13.7. The maximum Gasteiger partial charge on any atom is 0.305 e. The van der Waals surface area contributed by atoms with E-state index in [0.717, 1.165) is 6.92 Å². The number of benzene rings is 1. The summed E-state index contributed by atoms with van der Waals surface area (Å²) in [5.41, 5.74) is 28.1. The van der Waals surface area contributed by atoms with Gasteiger partial charge in [0.2, 0.25) is 106 Å². The Bertz CT molecular complexity index is 4350. The normalized spacial score (nSPS) is 14.9. The topological polar surface area (TPSA) is 891 Å². The fourth-order valence-electron chi connectivity index (χ4n) is 13.2. The molecule has 54 heteroatoms. The van der Waals surface area contributed by atoms with Crippen LogP contribution in [0.3, 0.4) is 0 Å². The van der Waals surface area contributed by atoms with Crippen LogP contribution >= 0.6 is 11.8 Å². The molecule has 0 saturated carbocycles. The Balaban J connectivity index is 3.67. The Kier molecular flexibility index (Phi) is 58.5. The molecular formula is C85H141N25O28S. The number of carboxylic acids is 4. The van der Waals surface area contributed by atoms with E-state index < -0.39 is 322 Å². The Morgan fingerprint density at radius 2 is 0.777 bits per heavy atom. The predicted octanol–water partition coefficient (Wildman–Crippen LogP) is -8.62. The number of rotatable bonds is 71. The maximum absolute atomic E-state index is 14.6. The molecule has 1 rings (SSSR count). The van der Waals surface area contributed by atoms with Crippen molar-refractivity contribution in [2.45, 2.75) is 287 Å². The van der Waals surface area contributed by atoms with Crippen molar-refractivity contribution >= 4 is 154 Å². The highest BCUT2D eigenvalue weighted by Gasteiger charge is 2.41. The molecule has 0 radical (unpaired) electrons. The van der Waals surface area contributed by atoms with Gasteiger partial charge in [0.05, 0.1) is 32.1 Å². The van der Waals surface area contributed by atoms with Crippen molar-refractivity contribution in [1.82, 2.24) is 95.7 Å². The predicted molar refractivity (Wildman–Crippen MR) is 500 cm³/mol. The van der Waals surface area contributed by atoms with Gasteiger partial charge in [-0.05, 0) is 133 Å². The molecule has 36 N–H and O–H groups in total. The summed E-state index contributed by atoms with van der Waals surface area (Å²) in [6.07, 6.45) is -6.78. The van der Waals surface area contributed by atoms with E-state index in [2.05, 4.69) is 95.7 Å². The Hall–Kier alpha value is -13.7. The number of aliphatic carboxylic acids is 4. The van der Waals surface area contributed by atoms with E-state index >= 15 is 0 Å². The zero-order valence-corrected chi connectivity index (χ0v) is 80.2. The number of carboxylic acid groups (broad SMARTS) is 4. The number of guanidine groups is 2. The molecule has 0 bridgehead atoms. The second kappa shape index (κ2) is 66.0. The lowest BCUT2D eigenvalue weighted by Crippen LogP contribution is -2.61. The first-order chi connectivity index (χ1) is 65.3. The summed E-state index contributed by atoms with van der Waals surface area (Å²) >= 11 is 1.33. The van der Waals surface area contributed by atoms with Crippen LogP contribution in [-0.4, -0.2) is 314 Å². The van der Waals surface area contributed by atoms with Crippen LogP contribution in [0.15, 0.2) is 30.3 Å². The van der Waals surface area contributed by atoms with Crippen LogP contribution in [0.2, 0.25) is 0 Å². The third kappa shape index (κ3) is 50.8. The number of hydrogen-bond acceptors (Lipinski definition) is 28. The minimum atomic E-state index is -2.08. The quantitative estimate of drug-likeness (QED) is 0.0164. The molecule has 780 valence electrons. The zero-order chi connectivity index (χ0) is 105. The molecule has 139 heavy (non-hydrogen) atoms. The van der Waals surface area contributed by atoms with E-state index in [1.807, 2.05) is 6.92 Å². The standard InChI is InChI=1S/C85H141N25O28S/c1-10-43(5)36-61(114)109-68(46(8)112)83(138)108-59(41-111)81(136)105-56(37-47-19-13-12-14-20-47)78(133)103-54(26-29-65(120)121)75(130)102-52(24-27-63(116)117)72(127)96-45(7)70(125)99-49(21-15-16-31-86)71(126)95-40-62(115)97-55(35-42(3)4)77(132)106-58(39-66(122)123)80(135)101-51(23-18-33-94-85(91)92)76(131)110-67(44(6)11-2)82(137)107-57(38-60(87)113)79(134)104-53(25-28-64(118)119)74(129)100-50(22-17-32-93-84(89)90)73(128)98-48(69(88)124)30-34-139-9/h12-14,19-20,42-46,48-59,67-68,111-112H,10-11,15-18,21-41,86H2,1-9H3,(H2,87,113)(H2,88,124)(H,95,126)(H,96,127)(H,97,115)(H,98,128)(H,99,125)(H,100,129)(H,101,135)(H,102,130)(H,103,133)(H,104,134)(H,105,136)(H,106,132)(H,107,137)(H,108,138)(H,109,114)(H,110,131)(H,116,117)(H,118,119)(H,120,121)(H,122,123)(H4,89,90,93)(H4,91,92,94)/t43-,44+,45+,46-,48+,49+,50+,51+,52+,53+,54+,55+,56+,57+,58+,59+,67+,68+/m1/s1. The van der Waals surface area contributed by atoms with Crippen LogP contribution in [0, 0.1) is 28.6 Å². The van der Waals surface area contributed by atoms with Gasteiger partial charge >= 0.3 is 23.9 Å². The van der Waals surface area contributed by atoms with Gasteiger partial charge in [-0.25, -0.2) is 0 Å². The largest absolute Gasteiger partial charge is 0.481 e. The van der Waals surface area contributed by atoms with Crippen LogP contribution in [0.4, 0.5) is 0 Å². The second-order valence-electron chi connectivity index (χ2n) is 33.6. The molecule has 1 aromatic rings. The zero-order valence-electron chi connectivity index (χ0n) is 79.4. The monoisotopic (exact) mass is 1990 g/mol. The molecule has 0 aliphatic rings. The minimum Gasteiger partial charge on any atom is -0.481 e. The van der Waals surface area contributed by atoms with Gasteiger partial charge in [-0.1, -0.05) is 84.7 Å². The van der Waals surface area contributed by atoms with Crippen molar-refractivity contribution in [2.75, 3.05) is 44.8 Å². The number of primary amides is 2. The molecule has 0 unspecified atom stereocenters. The highest BCUT2D eigenvalue weighted by Crippen LogP contribution is 2.17. The number of aliphatic hydroxyl groups is 2. The molecule has 0 aromatic heterocycles. The molecule has 18 atom stereocenters. The SMILES string of the molecule is CC[C@@H](C)CC(=O)N[C@H](C(=O)N[C@@H](CO)C(=O)N[C@@H](Cc1ccccc1)C(=O)N[C@@H](CCC(=O)O)C(=O)N[C@@H](CCC(=O)O)C(=O)N[C@@H](C)C(=O)N[C@@H](CCCCN)C(=O)NCC(=O)N[C@@H](CC(C)C)C(=O)N[C@@H](CC(=O)O)C(=O)N[C@@H](CCCNC(=N)N)C(=O)N[C@H](C(=O)N[C@@H](CC(N)=O)C(=O)N[C@@H](CCC(=O)O)C(=O)N[C@@H](CCCNC(=N)N)C(=O)N[C@@H](CCSC)C(N)=O)[C@@H](C)CC)[C@@H](C)O. The fraction of sp³-hybridized carbons (Fsp3) is 0.647. The summed E-state index contributed by atoms with van der Waals surface area (Å²) in [7, 11) is 0. The van der Waals surface area contributed by atoms with Crippen LogP contribution in [0.1, 0.15) is 189 Å². The van der Waals surface area contributed by atoms with Gasteiger partial charge in [0.25, 0.3) is 0 Å². The van der Waals surface area contributed by atoms with Gasteiger partial charge < -0.3 is 155 Å². The Morgan fingerprint density at radius 3 is 1.21 bits per heavy atom. The van der Waals surface area contributed by atoms with Gasteiger partial charge in [0, 0.05) is 45.2 Å². The lowest BCUT2D eigenvalue weighted by Gasteiger charge is -2.29. The summed E-state index contributed by atoms with van der Waals surface area (Å²) in [5.74, 6) is -28.5. The molecule has 53 nitrogen and oxygen atoms in total. The smallest absolute Gasteiger partial charge is 0.305 e. The van der Waals surface area contributed by atoms with Crippen LogP contribution < -0.4 is 124 Å². The maximum atomic E-state index is 14.6. The Morgan fingerprint density at radius 1 is 0.381 bits per heavy atom. The Labute approximate surface area is 807 Å². The molecular weight excluding hydrogens is 1850 g/mol. The van der Waals surface area contributed by atoms with Gasteiger partial charge in [0.15, 0.2) is 11.9 Å². The minimum absolute atomic E-state index is 0.00314. The molecule has 0 spiro atoms. The first-order valence-electron chi connectivity index (χ1n) is 45.3. The third-order valence-electron chi connectivity index (χ3n) is 21.3. The molecule has 0 aliphatic carbocycles. The van der Waals surface area contributed by atoms with Crippen molar-refractivity contribution < 1.29 is 136 Å². The van der Waals surface area contributed by atoms with Gasteiger partial charge in [-0.2, -0.15) is 11.8 Å².